The molecule has 0 aromatic carbocycles. The predicted octanol–water partition coefficient (Wildman–Crippen LogP) is 4.72. The fraction of sp³-hybridized carbons (Fsp3) is 0.667. The van der Waals surface area contributed by atoms with Gasteiger partial charge in [-0.1, -0.05) is 30.8 Å². The van der Waals surface area contributed by atoms with Crippen molar-refractivity contribution in [1.82, 2.24) is 4.98 Å². The topological polar surface area (TPSA) is 16.1 Å². The third kappa shape index (κ3) is 3.73. The van der Waals surface area contributed by atoms with Crippen molar-refractivity contribution in [3.63, 3.8) is 0 Å². The number of piperidine rings is 1. The van der Waals surface area contributed by atoms with E-state index in [1.165, 1.54) is 34.8 Å². The van der Waals surface area contributed by atoms with E-state index in [0.717, 1.165) is 18.8 Å². The molecule has 0 radical (unpaired) electrons. The Bertz CT molecular complexity index is 445. The molecule has 0 spiro atoms. The lowest BCUT2D eigenvalue weighted by Crippen LogP contribution is -2.29. The molecule has 1 aromatic rings. The highest BCUT2D eigenvalue weighted by Gasteiger charge is 2.16. The summed E-state index contributed by atoms with van der Waals surface area (Å²) < 4.78 is 0. The number of allylic oxidation sites excluding steroid dienone is 1. The lowest BCUT2D eigenvalue weighted by molar-refractivity contribution is 0.576. The van der Waals surface area contributed by atoms with E-state index in [-0.39, 0.29) is 0 Å². The number of hydrogen-bond acceptors (Lipinski definition) is 3. The van der Waals surface area contributed by atoms with Crippen molar-refractivity contribution in [3.05, 3.63) is 16.1 Å². The van der Waals surface area contributed by atoms with E-state index in [2.05, 4.69) is 31.7 Å². The second-order valence-electron chi connectivity index (χ2n) is 5.50. The Balaban J connectivity index is 2.20. The van der Waals surface area contributed by atoms with Gasteiger partial charge in [-0.25, -0.2) is 4.98 Å². The van der Waals surface area contributed by atoms with Crippen LogP contribution in [-0.4, -0.2) is 24.0 Å². The molecular weight excluding hydrogens is 276 g/mol. The van der Waals surface area contributed by atoms with Gasteiger partial charge in [-0.2, -0.15) is 0 Å². The van der Waals surface area contributed by atoms with Crippen LogP contribution >= 0.6 is 22.9 Å². The maximum atomic E-state index is 6.03. The maximum absolute atomic E-state index is 6.03. The van der Waals surface area contributed by atoms with Crippen molar-refractivity contribution < 1.29 is 0 Å². The molecule has 0 atom stereocenters. The number of halogens is 1. The first-order chi connectivity index (χ1) is 9.11. The van der Waals surface area contributed by atoms with Crippen molar-refractivity contribution in [2.45, 2.75) is 40.0 Å². The molecule has 1 saturated heterocycles. The molecule has 2 nitrogen and oxygen atoms in total. The Morgan fingerprint density at radius 1 is 1.37 bits per heavy atom. The van der Waals surface area contributed by atoms with Crippen LogP contribution in [0.2, 0.25) is 0 Å². The Labute approximate surface area is 125 Å². The number of aromatic nitrogens is 1. The predicted molar refractivity (Wildman–Crippen MR) is 86.5 cm³/mol. The first kappa shape index (κ1) is 14.9. The first-order valence-electron chi connectivity index (χ1n) is 7.10. The highest BCUT2D eigenvalue weighted by Crippen LogP contribution is 2.30. The van der Waals surface area contributed by atoms with Crippen molar-refractivity contribution >= 4 is 34.1 Å². The Morgan fingerprint density at radius 3 is 2.63 bits per heavy atom. The van der Waals surface area contributed by atoms with E-state index in [1.807, 2.05) is 0 Å². The average Bonchev–Trinajstić information content (AvgIpc) is 2.78. The van der Waals surface area contributed by atoms with Gasteiger partial charge in [0.05, 0.1) is 10.6 Å². The van der Waals surface area contributed by atoms with E-state index in [4.69, 9.17) is 16.6 Å². The van der Waals surface area contributed by atoms with Crippen LogP contribution in [0.4, 0.5) is 5.13 Å². The van der Waals surface area contributed by atoms with E-state index in [1.54, 1.807) is 11.3 Å². The van der Waals surface area contributed by atoms with Crippen LogP contribution < -0.4 is 4.90 Å². The molecule has 1 aliphatic heterocycles. The molecule has 1 aromatic heterocycles. The Morgan fingerprint density at radius 2 is 2.05 bits per heavy atom. The van der Waals surface area contributed by atoms with Crippen molar-refractivity contribution in [2.75, 3.05) is 23.9 Å². The number of nitrogens with zero attached hydrogens (tertiary/aromatic N) is 2. The second-order valence-corrected chi connectivity index (χ2v) is 6.78. The molecule has 106 valence electrons. The highest BCUT2D eigenvalue weighted by atomic mass is 35.5. The molecule has 1 aliphatic rings. The molecule has 0 bridgehead atoms. The summed E-state index contributed by atoms with van der Waals surface area (Å²) in [6, 6.07) is 0. The summed E-state index contributed by atoms with van der Waals surface area (Å²) in [4.78, 5) is 8.43. The van der Waals surface area contributed by atoms with Gasteiger partial charge in [-0.05, 0) is 38.2 Å². The van der Waals surface area contributed by atoms with Gasteiger partial charge < -0.3 is 4.90 Å². The molecule has 2 heterocycles. The fourth-order valence-corrected chi connectivity index (χ4v) is 3.76. The molecule has 4 heteroatoms. The van der Waals surface area contributed by atoms with Gasteiger partial charge in [0.15, 0.2) is 5.13 Å². The maximum Gasteiger partial charge on any atom is 0.186 e. The van der Waals surface area contributed by atoms with Crippen LogP contribution in [0, 0.1) is 12.8 Å². The largest absolute Gasteiger partial charge is 0.348 e. The molecule has 0 unspecified atom stereocenters. The number of anilines is 1. The number of thiazole rings is 1. The van der Waals surface area contributed by atoms with Crippen LogP contribution in [0.25, 0.3) is 6.08 Å². The first-order valence-corrected chi connectivity index (χ1v) is 8.45. The smallest absolute Gasteiger partial charge is 0.186 e. The van der Waals surface area contributed by atoms with Gasteiger partial charge in [0.25, 0.3) is 0 Å². The van der Waals surface area contributed by atoms with Crippen LogP contribution in [-0.2, 0) is 0 Å². The van der Waals surface area contributed by atoms with E-state index >= 15 is 0 Å². The van der Waals surface area contributed by atoms with E-state index in [0.29, 0.717) is 11.8 Å². The van der Waals surface area contributed by atoms with Crippen LogP contribution in [0.15, 0.2) is 5.57 Å². The van der Waals surface area contributed by atoms with Crippen LogP contribution in [0.1, 0.15) is 43.7 Å². The number of hydrogen-bond donors (Lipinski definition) is 0. The molecular formula is C15H23ClN2S. The van der Waals surface area contributed by atoms with Crippen LogP contribution in [0.5, 0.6) is 0 Å². The standard InChI is InChI=1S/C15H23ClN2S/c1-11(2)13(10-16)9-14-12(3)17-15(19-14)18-7-5-4-6-8-18/h9,11H,4-8,10H2,1-3H3. The Kier molecular flexibility index (Phi) is 5.28. The Hall–Kier alpha value is -0.540. The van der Waals surface area contributed by atoms with Crippen molar-refractivity contribution in [1.29, 1.82) is 0 Å². The summed E-state index contributed by atoms with van der Waals surface area (Å²) in [5.41, 5.74) is 2.42. The van der Waals surface area contributed by atoms with Gasteiger partial charge in [0.2, 0.25) is 0 Å². The van der Waals surface area contributed by atoms with Gasteiger partial charge in [0, 0.05) is 19.0 Å². The van der Waals surface area contributed by atoms with Crippen molar-refractivity contribution in [2.24, 2.45) is 5.92 Å². The zero-order chi connectivity index (χ0) is 13.8. The minimum absolute atomic E-state index is 0.498. The normalized spacial score (nSPS) is 17.3. The zero-order valence-electron chi connectivity index (χ0n) is 12.1. The molecule has 0 saturated carbocycles. The lowest BCUT2D eigenvalue weighted by Gasteiger charge is -2.25. The molecule has 19 heavy (non-hydrogen) atoms. The lowest BCUT2D eigenvalue weighted by atomic mass is 10.0. The summed E-state index contributed by atoms with van der Waals surface area (Å²) in [6.07, 6.45) is 6.18. The summed E-state index contributed by atoms with van der Waals surface area (Å²) in [5, 5.41) is 1.18. The fourth-order valence-electron chi connectivity index (χ4n) is 2.28. The SMILES string of the molecule is Cc1nc(N2CCCCC2)sc1C=C(CCl)C(C)C. The highest BCUT2D eigenvalue weighted by molar-refractivity contribution is 7.16. The summed E-state index contributed by atoms with van der Waals surface area (Å²) in [5.74, 6) is 1.10. The third-order valence-electron chi connectivity index (χ3n) is 3.66. The molecule has 0 amide bonds. The zero-order valence-corrected chi connectivity index (χ0v) is 13.7. The number of alkyl halides is 1. The summed E-state index contributed by atoms with van der Waals surface area (Å²) in [7, 11) is 0. The monoisotopic (exact) mass is 298 g/mol. The average molecular weight is 299 g/mol. The molecule has 0 N–H and O–H groups in total. The van der Waals surface area contributed by atoms with Gasteiger partial charge in [-0.3, -0.25) is 0 Å². The third-order valence-corrected chi connectivity index (χ3v) is 5.13. The van der Waals surface area contributed by atoms with E-state index in [9.17, 15) is 0 Å². The van der Waals surface area contributed by atoms with Gasteiger partial charge >= 0.3 is 0 Å². The summed E-state index contributed by atoms with van der Waals surface area (Å²) in [6.45, 7) is 8.79. The molecule has 2 rings (SSSR count). The second kappa shape index (κ2) is 6.76. The van der Waals surface area contributed by atoms with E-state index < -0.39 is 0 Å². The number of rotatable bonds is 4. The minimum Gasteiger partial charge on any atom is -0.348 e. The molecule has 1 fully saturated rings. The van der Waals surface area contributed by atoms with Crippen LogP contribution in [0.3, 0.4) is 0 Å². The summed E-state index contributed by atoms with van der Waals surface area (Å²) >= 11 is 7.83. The van der Waals surface area contributed by atoms with Gasteiger partial charge in [0.1, 0.15) is 0 Å². The number of aryl methyl sites for hydroxylation is 1. The van der Waals surface area contributed by atoms with Crippen molar-refractivity contribution in [3.8, 4) is 0 Å². The molecule has 0 aliphatic carbocycles. The minimum atomic E-state index is 0.498. The van der Waals surface area contributed by atoms with Gasteiger partial charge in [-0.15, -0.1) is 11.6 Å². The quantitative estimate of drug-likeness (QED) is 0.748.